The molecule has 0 radical (unpaired) electrons. The fourth-order valence-electron chi connectivity index (χ4n) is 2.65. The molecule has 3 rings (SSSR count). The van der Waals surface area contributed by atoms with Crippen LogP contribution >= 0.6 is 0 Å². The smallest absolute Gasteiger partial charge is 0.238 e. The highest BCUT2D eigenvalue weighted by Gasteiger charge is 2.17. The van der Waals surface area contributed by atoms with Gasteiger partial charge in [-0.05, 0) is 30.3 Å². The molecule has 0 aliphatic carbocycles. The highest BCUT2D eigenvalue weighted by Crippen LogP contribution is 2.42. The number of nitrogens with zero attached hydrogens (tertiary/aromatic N) is 1. The molecule has 26 heavy (non-hydrogen) atoms. The quantitative estimate of drug-likeness (QED) is 0.584. The molecule has 0 unspecified atom stereocenters. The minimum absolute atomic E-state index is 0.0254. The van der Waals surface area contributed by atoms with Gasteiger partial charge in [0.25, 0.3) is 0 Å². The van der Waals surface area contributed by atoms with Crippen molar-refractivity contribution in [2.24, 2.45) is 5.14 Å². The molecule has 0 spiro atoms. The lowest BCUT2D eigenvalue weighted by Crippen LogP contribution is -2.11. The van der Waals surface area contributed by atoms with E-state index in [1.54, 1.807) is 30.5 Å². The second-order valence-corrected chi connectivity index (χ2v) is 7.04. The van der Waals surface area contributed by atoms with Gasteiger partial charge in [0, 0.05) is 29.0 Å². The summed E-state index contributed by atoms with van der Waals surface area (Å²) in [6.45, 7) is 0. The molecule has 0 fully saturated rings. The van der Waals surface area contributed by atoms with Gasteiger partial charge in [0.15, 0.2) is 11.5 Å². The predicted molar refractivity (Wildman–Crippen MR) is 100 cm³/mol. The summed E-state index contributed by atoms with van der Waals surface area (Å²) < 4.78 is 33.6. The molecule has 0 aliphatic heterocycles. The van der Waals surface area contributed by atoms with E-state index >= 15 is 0 Å². The molecule has 0 saturated heterocycles. The molecule has 9 heteroatoms. The summed E-state index contributed by atoms with van der Waals surface area (Å²) >= 11 is 0. The summed E-state index contributed by atoms with van der Waals surface area (Å²) in [5, 5.41) is 9.66. The maximum atomic E-state index is 11.4. The topological polar surface area (TPSA) is 130 Å². The van der Waals surface area contributed by atoms with Crippen LogP contribution in [-0.2, 0) is 10.0 Å². The number of sulfonamides is 1. The molecular weight excluding hydrogens is 356 g/mol. The highest BCUT2D eigenvalue weighted by atomic mass is 32.2. The third-order valence-corrected chi connectivity index (χ3v) is 4.80. The van der Waals surface area contributed by atoms with Gasteiger partial charge in [0.2, 0.25) is 10.0 Å². The van der Waals surface area contributed by atoms with Crippen molar-refractivity contribution in [3.63, 3.8) is 0 Å². The van der Waals surface area contributed by atoms with Crippen molar-refractivity contribution in [1.82, 2.24) is 4.98 Å². The normalized spacial score (nSPS) is 11.3. The number of ether oxygens (including phenoxy) is 2. The van der Waals surface area contributed by atoms with E-state index in [0.29, 0.717) is 34.1 Å². The Balaban J connectivity index is 2.12. The molecule has 5 N–H and O–H groups in total. The Morgan fingerprint density at radius 1 is 1.08 bits per heavy atom. The number of rotatable bonds is 5. The van der Waals surface area contributed by atoms with E-state index < -0.39 is 10.0 Å². The van der Waals surface area contributed by atoms with E-state index in [9.17, 15) is 8.42 Å². The zero-order valence-electron chi connectivity index (χ0n) is 14.2. The minimum atomic E-state index is -3.75. The van der Waals surface area contributed by atoms with Gasteiger partial charge in [-0.15, -0.1) is 0 Å². The summed E-state index contributed by atoms with van der Waals surface area (Å²) in [6, 6.07) is 9.48. The molecule has 0 bridgehead atoms. The molecule has 1 aromatic heterocycles. The van der Waals surface area contributed by atoms with Gasteiger partial charge in [-0.3, -0.25) is 0 Å². The van der Waals surface area contributed by atoms with Crippen molar-refractivity contribution in [3.8, 4) is 11.5 Å². The van der Waals surface area contributed by atoms with Crippen LogP contribution in [0, 0.1) is 0 Å². The van der Waals surface area contributed by atoms with Crippen LogP contribution in [0.5, 0.6) is 11.5 Å². The van der Waals surface area contributed by atoms with Gasteiger partial charge < -0.3 is 20.5 Å². The standard InChI is InChI=1S/C17H18N4O4S/c1-24-14-9-13(18)12-7-8-20-17(15(12)16(14)25-2)21-10-3-5-11(6-4-10)26(19,22)23/h3-9H,18H2,1-2H3,(H,20,21)(H2,19,22,23). The van der Waals surface area contributed by atoms with Crippen LogP contribution in [0.3, 0.4) is 0 Å². The van der Waals surface area contributed by atoms with Crippen LogP contribution in [0.1, 0.15) is 0 Å². The molecule has 2 aromatic carbocycles. The summed E-state index contributed by atoms with van der Waals surface area (Å²) in [5.41, 5.74) is 7.26. The van der Waals surface area contributed by atoms with Crippen molar-refractivity contribution in [2.75, 3.05) is 25.3 Å². The number of benzene rings is 2. The van der Waals surface area contributed by atoms with Crippen molar-refractivity contribution in [1.29, 1.82) is 0 Å². The molecular formula is C17H18N4O4S. The molecule has 1 heterocycles. The Morgan fingerprint density at radius 2 is 1.77 bits per heavy atom. The van der Waals surface area contributed by atoms with Gasteiger partial charge >= 0.3 is 0 Å². The second kappa shape index (κ2) is 6.70. The van der Waals surface area contributed by atoms with E-state index in [0.717, 1.165) is 5.39 Å². The number of nitrogens with one attached hydrogen (secondary N) is 1. The zero-order chi connectivity index (χ0) is 18.9. The van der Waals surface area contributed by atoms with E-state index in [1.165, 1.54) is 26.4 Å². The highest BCUT2D eigenvalue weighted by molar-refractivity contribution is 7.89. The number of primary sulfonamides is 1. The average Bonchev–Trinajstić information content (AvgIpc) is 2.61. The first kappa shape index (κ1) is 17.8. The van der Waals surface area contributed by atoms with Crippen molar-refractivity contribution in [2.45, 2.75) is 4.90 Å². The van der Waals surface area contributed by atoms with Crippen LogP contribution in [0.2, 0.25) is 0 Å². The molecule has 0 aliphatic rings. The second-order valence-electron chi connectivity index (χ2n) is 5.48. The Bertz CT molecular complexity index is 1070. The predicted octanol–water partition coefficient (Wildman–Crippen LogP) is 2.23. The SMILES string of the molecule is COc1cc(N)c2ccnc(Nc3ccc(S(N)(=O)=O)cc3)c2c1OC. The van der Waals surface area contributed by atoms with Crippen molar-refractivity contribution in [3.05, 3.63) is 42.6 Å². The molecule has 136 valence electrons. The monoisotopic (exact) mass is 374 g/mol. The van der Waals surface area contributed by atoms with E-state index in [-0.39, 0.29) is 4.90 Å². The lowest BCUT2D eigenvalue weighted by atomic mass is 10.1. The first-order valence-corrected chi connectivity index (χ1v) is 9.09. The molecule has 8 nitrogen and oxygen atoms in total. The lowest BCUT2D eigenvalue weighted by Gasteiger charge is -2.16. The first-order chi connectivity index (χ1) is 12.3. The van der Waals surface area contributed by atoms with Gasteiger partial charge in [-0.1, -0.05) is 0 Å². The summed E-state index contributed by atoms with van der Waals surface area (Å²) in [5.74, 6) is 1.47. The van der Waals surface area contributed by atoms with Crippen LogP contribution in [0.15, 0.2) is 47.5 Å². The molecule has 0 saturated carbocycles. The fourth-order valence-corrected chi connectivity index (χ4v) is 3.17. The van der Waals surface area contributed by atoms with Crippen LogP contribution in [0.4, 0.5) is 17.2 Å². The van der Waals surface area contributed by atoms with Gasteiger partial charge in [0.1, 0.15) is 5.82 Å². The zero-order valence-corrected chi connectivity index (χ0v) is 15.0. The number of aromatic nitrogens is 1. The van der Waals surface area contributed by atoms with Gasteiger partial charge in [-0.25, -0.2) is 18.5 Å². The number of hydrogen-bond donors (Lipinski definition) is 3. The fraction of sp³-hybridized carbons (Fsp3) is 0.118. The maximum absolute atomic E-state index is 11.4. The number of methoxy groups -OCH3 is 2. The number of fused-ring (bicyclic) bond motifs is 1. The Labute approximate surface area is 150 Å². The largest absolute Gasteiger partial charge is 0.493 e. The number of nitrogen functional groups attached to an aromatic ring is 1. The molecule has 0 atom stereocenters. The maximum Gasteiger partial charge on any atom is 0.238 e. The van der Waals surface area contributed by atoms with Crippen molar-refractivity contribution >= 4 is 38.0 Å². The minimum Gasteiger partial charge on any atom is -0.493 e. The van der Waals surface area contributed by atoms with Gasteiger partial charge in [0.05, 0.1) is 24.5 Å². The van der Waals surface area contributed by atoms with Crippen LogP contribution < -0.4 is 25.7 Å². The molecule has 0 amide bonds. The number of anilines is 3. The first-order valence-electron chi connectivity index (χ1n) is 7.54. The number of hydrogen-bond acceptors (Lipinski definition) is 7. The third-order valence-electron chi connectivity index (χ3n) is 3.87. The summed E-state index contributed by atoms with van der Waals surface area (Å²) in [6.07, 6.45) is 1.62. The van der Waals surface area contributed by atoms with E-state index in [1.807, 2.05) is 0 Å². The van der Waals surface area contributed by atoms with Crippen LogP contribution in [0.25, 0.3) is 10.8 Å². The van der Waals surface area contributed by atoms with Crippen molar-refractivity contribution < 1.29 is 17.9 Å². The van der Waals surface area contributed by atoms with E-state index in [4.69, 9.17) is 20.3 Å². The Hall–Kier alpha value is -3.04. The number of nitrogens with two attached hydrogens (primary N) is 2. The summed E-state index contributed by atoms with van der Waals surface area (Å²) in [4.78, 5) is 4.38. The van der Waals surface area contributed by atoms with E-state index in [2.05, 4.69) is 10.3 Å². The Morgan fingerprint density at radius 3 is 2.35 bits per heavy atom. The Kier molecular flexibility index (Phi) is 4.58. The lowest BCUT2D eigenvalue weighted by molar-refractivity contribution is 0.359. The summed E-state index contributed by atoms with van der Waals surface area (Å²) in [7, 11) is -0.690. The average molecular weight is 374 g/mol. The number of pyridine rings is 1. The van der Waals surface area contributed by atoms with Crippen LogP contribution in [-0.4, -0.2) is 27.6 Å². The van der Waals surface area contributed by atoms with Gasteiger partial charge in [-0.2, -0.15) is 0 Å². The molecule has 3 aromatic rings. The third kappa shape index (κ3) is 3.22.